The summed E-state index contributed by atoms with van der Waals surface area (Å²) < 4.78 is 0. The van der Waals surface area contributed by atoms with Crippen LogP contribution in [0.25, 0.3) is 0 Å². The van der Waals surface area contributed by atoms with E-state index in [1.54, 1.807) is 38.5 Å². The summed E-state index contributed by atoms with van der Waals surface area (Å²) in [4.78, 5) is 0. The molecule has 4 aliphatic carbocycles. The molecule has 102 valence electrons. The molecule has 5 rings (SSSR count). The SMILES string of the molecule is C1CCNC(CC23CC4CC(CC(C4)C2)C3)CC1. The normalized spacial score (nSPS) is 51.3. The summed E-state index contributed by atoms with van der Waals surface area (Å²) in [5.74, 6) is 3.38. The molecule has 0 aromatic carbocycles. The quantitative estimate of drug-likeness (QED) is 0.774. The Morgan fingerprint density at radius 2 is 1.50 bits per heavy atom. The lowest BCUT2D eigenvalue weighted by atomic mass is 9.48. The Hall–Kier alpha value is -0.0400. The van der Waals surface area contributed by atoms with Crippen molar-refractivity contribution in [2.24, 2.45) is 23.2 Å². The van der Waals surface area contributed by atoms with Gasteiger partial charge in [0.1, 0.15) is 0 Å². The van der Waals surface area contributed by atoms with Gasteiger partial charge in [-0.15, -0.1) is 0 Å². The molecular formula is C17H29N. The van der Waals surface area contributed by atoms with Gasteiger partial charge in [0.25, 0.3) is 0 Å². The lowest BCUT2D eigenvalue weighted by molar-refractivity contribution is -0.0621. The third-order valence-electron chi connectivity index (χ3n) is 6.51. The van der Waals surface area contributed by atoms with Crippen molar-refractivity contribution in [1.29, 1.82) is 0 Å². The topological polar surface area (TPSA) is 12.0 Å². The monoisotopic (exact) mass is 247 g/mol. The average Bonchev–Trinajstić information content (AvgIpc) is 2.55. The van der Waals surface area contributed by atoms with Crippen LogP contribution in [-0.2, 0) is 0 Å². The lowest BCUT2D eigenvalue weighted by Gasteiger charge is -2.57. The van der Waals surface area contributed by atoms with E-state index in [0.29, 0.717) is 0 Å². The standard InChI is InChI=1S/C17H29N/c1-2-4-16(18-5-3-1)12-17-9-13-6-14(10-17)8-15(7-13)11-17/h13-16,18H,1-12H2. The van der Waals surface area contributed by atoms with Gasteiger partial charge in [0.15, 0.2) is 0 Å². The first-order valence-electron chi connectivity index (χ1n) is 8.55. The molecule has 4 saturated carbocycles. The Balaban J connectivity index is 1.46. The van der Waals surface area contributed by atoms with E-state index in [9.17, 15) is 0 Å². The predicted octanol–water partition coefficient (Wildman–Crippen LogP) is 4.13. The van der Waals surface area contributed by atoms with E-state index >= 15 is 0 Å². The molecule has 1 saturated heterocycles. The third-order valence-corrected chi connectivity index (χ3v) is 6.51. The summed E-state index contributed by atoms with van der Waals surface area (Å²) >= 11 is 0. The van der Waals surface area contributed by atoms with Crippen molar-refractivity contribution < 1.29 is 0 Å². The van der Waals surface area contributed by atoms with Crippen LogP contribution in [0.1, 0.15) is 70.6 Å². The first-order valence-corrected chi connectivity index (χ1v) is 8.55. The van der Waals surface area contributed by atoms with Crippen molar-refractivity contribution in [3.8, 4) is 0 Å². The fourth-order valence-corrected chi connectivity index (χ4v) is 6.34. The maximum Gasteiger partial charge on any atom is 0.00723 e. The van der Waals surface area contributed by atoms with Gasteiger partial charge in [-0.2, -0.15) is 0 Å². The molecule has 1 atom stereocenters. The van der Waals surface area contributed by atoms with Crippen LogP contribution < -0.4 is 5.32 Å². The molecule has 0 amide bonds. The van der Waals surface area contributed by atoms with Gasteiger partial charge in [0, 0.05) is 6.04 Å². The summed E-state index contributed by atoms with van der Waals surface area (Å²) in [6.07, 6.45) is 16.9. The average molecular weight is 247 g/mol. The molecule has 1 aliphatic heterocycles. The molecule has 1 nitrogen and oxygen atoms in total. The van der Waals surface area contributed by atoms with Crippen LogP contribution in [0.4, 0.5) is 0 Å². The van der Waals surface area contributed by atoms with Crippen LogP contribution >= 0.6 is 0 Å². The van der Waals surface area contributed by atoms with Gasteiger partial charge in [-0.3, -0.25) is 0 Å². The van der Waals surface area contributed by atoms with E-state index in [4.69, 9.17) is 0 Å². The van der Waals surface area contributed by atoms with E-state index in [2.05, 4.69) is 5.32 Å². The zero-order chi connectivity index (χ0) is 12.0. The number of nitrogens with one attached hydrogen (secondary N) is 1. The first-order chi connectivity index (χ1) is 8.81. The molecule has 0 aromatic heterocycles. The van der Waals surface area contributed by atoms with Crippen LogP contribution in [0.2, 0.25) is 0 Å². The highest BCUT2D eigenvalue weighted by Gasteiger charge is 2.51. The minimum atomic E-state index is 0.788. The van der Waals surface area contributed by atoms with Crippen molar-refractivity contribution in [1.82, 2.24) is 5.32 Å². The van der Waals surface area contributed by atoms with Gasteiger partial charge in [0.2, 0.25) is 0 Å². The molecule has 1 heterocycles. The van der Waals surface area contributed by atoms with Crippen LogP contribution in [0.15, 0.2) is 0 Å². The summed E-state index contributed by atoms with van der Waals surface area (Å²) in [6.45, 7) is 1.29. The van der Waals surface area contributed by atoms with Crippen molar-refractivity contribution in [3.63, 3.8) is 0 Å². The molecule has 4 bridgehead atoms. The van der Waals surface area contributed by atoms with Gasteiger partial charge in [0.05, 0.1) is 0 Å². The van der Waals surface area contributed by atoms with E-state index in [-0.39, 0.29) is 0 Å². The molecule has 18 heavy (non-hydrogen) atoms. The van der Waals surface area contributed by atoms with Gasteiger partial charge >= 0.3 is 0 Å². The van der Waals surface area contributed by atoms with Gasteiger partial charge in [-0.1, -0.05) is 12.8 Å². The van der Waals surface area contributed by atoms with E-state index in [1.165, 1.54) is 38.6 Å². The van der Waals surface area contributed by atoms with Crippen LogP contribution in [-0.4, -0.2) is 12.6 Å². The van der Waals surface area contributed by atoms with E-state index in [1.807, 2.05) is 0 Å². The maximum atomic E-state index is 3.86. The minimum absolute atomic E-state index is 0.788. The van der Waals surface area contributed by atoms with Crippen LogP contribution in [0, 0.1) is 23.2 Å². The van der Waals surface area contributed by atoms with Crippen molar-refractivity contribution in [3.05, 3.63) is 0 Å². The molecule has 5 fully saturated rings. The van der Waals surface area contributed by atoms with Gasteiger partial charge < -0.3 is 5.32 Å². The third kappa shape index (κ3) is 2.13. The van der Waals surface area contributed by atoms with Crippen molar-refractivity contribution in [2.75, 3.05) is 6.54 Å². The van der Waals surface area contributed by atoms with Crippen molar-refractivity contribution >= 4 is 0 Å². The summed E-state index contributed by atoms with van der Waals surface area (Å²) in [5.41, 5.74) is 0.788. The Morgan fingerprint density at radius 1 is 0.833 bits per heavy atom. The highest BCUT2D eigenvalue weighted by Crippen LogP contribution is 2.61. The highest BCUT2D eigenvalue weighted by molar-refractivity contribution is 5.02. The Morgan fingerprint density at radius 3 is 2.17 bits per heavy atom. The zero-order valence-electron chi connectivity index (χ0n) is 11.8. The molecule has 0 spiro atoms. The fourth-order valence-electron chi connectivity index (χ4n) is 6.34. The second-order valence-electron chi connectivity index (χ2n) is 8.12. The Labute approximate surface area is 112 Å². The second kappa shape index (κ2) is 4.51. The molecule has 0 aromatic rings. The minimum Gasteiger partial charge on any atom is -0.314 e. The smallest absolute Gasteiger partial charge is 0.00723 e. The molecular weight excluding hydrogens is 218 g/mol. The summed E-state index contributed by atoms with van der Waals surface area (Å²) in [7, 11) is 0. The largest absolute Gasteiger partial charge is 0.314 e. The predicted molar refractivity (Wildman–Crippen MR) is 75.5 cm³/mol. The van der Waals surface area contributed by atoms with Gasteiger partial charge in [-0.05, 0) is 87.5 Å². The maximum absolute atomic E-state index is 3.86. The van der Waals surface area contributed by atoms with Crippen LogP contribution in [0.5, 0.6) is 0 Å². The molecule has 5 aliphatic rings. The molecule has 1 heteroatoms. The van der Waals surface area contributed by atoms with Gasteiger partial charge in [-0.25, -0.2) is 0 Å². The second-order valence-corrected chi connectivity index (χ2v) is 8.12. The molecule has 1 unspecified atom stereocenters. The Kier molecular flexibility index (Phi) is 2.94. The zero-order valence-corrected chi connectivity index (χ0v) is 11.8. The van der Waals surface area contributed by atoms with Crippen LogP contribution in [0.3, 0.4) is 0 Å². The molecule has 1 N–H and O–H groups in total. The van der Waals surface area contributed by atoms with E-state index < -0.39 is 0 Å². The van der Waals surface area contributed by atoms with E-state index in [0.717, 1.165) is 29.2 Å². The fraction of sp³-hybridized carbons (Fsp3) is 1.00. The first kappa shape index (κ1) is 11.8. The highest BCUT2D eigenvalue weighted by atomic mass is 14.9. The lowest BCUT2D eigenvalue weighted by Crippen LogP contribution is -2.48. The van der Waals surface area contributed by atoms with Crippen molar-refractivity contribution in [2.45, 2.75) is 76.7 Å². The molecule has 0 radical (unpaired) electrons. The summed E-state index contributed by atoms with van der Waals surface area (Å²) in [5, 5.41) is 3.86. The Bertz CT molecular complexity index is 265. The number of hydrogen-bond acceptors (Lipinski definition) is 1. The number of rotatable bonds is 2. The number of hydrogen-bond donors (Lipinski definition) is 1. The summed E-state index contributed by atoms with van der Waals surface area (Å²) in [6, 6.07) is 0.865.